The Bertz CT molecular complexity index is 924. The normalized spacial score (nSPS) is 9.72. The van der Waals surface area contributed by atoms with E-state index in [0.717, 1.165) is 58.3 Å². The standard InChI is InChI=1S/C22H38O6.C8H18O3.C6H4I2.CH2O3.2Cs.H/c1-3-5-11-23-13-15-25-17-19-27-21-9-7-8-10-22(21)28-20-18-26-16-14-24-12-6-4-2;1-2-3-5-10-7-8-11-6-4-9;7-5-3-1-2-4-6(5)8;2-1-4-3;;;/h7-10H,3-6,11-20H2,1-2H3;9H,2-8H2,1H3;1-4H;1,3H;;;/q;;;;2*+1;-1/p-1. The average molecular weight is 1220 g/mol. The maximum atomic E-state index is 8.64. The van der Waals surface area contributed by atoms with Crippen LogP contribution >= 0.6 is 45.2 Å². The van der Waals surface area contributed by atoms with Crippen molar-refractivity contribution in [2.24, 2.45) is 0 Å². The molecule has 2 aromatic carbocycles. The van der Waals surface area contributed by atoms with Gasteiger partial charge in [-0.25, -0.2) is 0 Å². The zero-order chi connectivity index (χ0) is 37.9. The monoisotopic (exact) mass is 1220 g/mol. The van der Waals surface area contributed by atoms with E-state index in [1.54, 1.807) is 0 Å². The van der Waals surface area contributed by atoms with E-state index in [2.05, 4.69) is 83.0 Å². The van der Waals surface area contributed by atoms with Gasteiger partial charge < -0.3 is 54.6 Å². The van der Waals surface area contributed by atoms with E-state index in [9.17, 15) is 0 Å². The average Bonchev–Trinajstić information content (AvgIpc) is 3.15. The van der Waals surface area contributed by atoms with Crippen LogP contribution in [0.5, 0.6) is 11.5 Å². The number of aliphatic hydroxyl groups is 1. The molecule has 0 heterocycles. The molecule has 2 rings (SSSR count). The summed E-state index contributed by atoms with van der Waals surface area (Å²) >= 11 is 4.63. The zero-order valence-corrected chi connectivity index (χ0v) is 49.6. The van der Waals surface area contributed by atoms with Gasteiger partial charge in [0.05, 0.1) is 66.1 Å². The molecule has 0 bridgehead atoms. The molecule has 0 radical (unpaired) electrons. The van der Waals surface area contributed by atoms with Crippen LogP contribution in [0.4, 0.5) is 0 Å². The van der Waals surface area contributed by atoms with Crippen molar-refractivity contribution in [1.82, 2.24) is 0 Å². The van der Waals surface area contributed by atoms with E-state index in [1.165, 1.54) is 7.14 Å². The fourth-order valence-corrected chi connectivity index (χ4v) is 4.09. The summed E-state index contributed by atoms with van der Waals surface area (Å²) in [5, 5.41) is 16.8. The van der Waals surface area contributed by atoms with Crippen molar-refractivity contribution >= 4 is 51.7 Å². The molecule has 298 valence electrons. The minimum Gasteiger partial charge on any atom is -1.00 e. The van der Waals surface area contributed by atoms with Crippen molar-refractivity contribution in [1.29, 1.82) is 0 Å². The molecule has 0 aromatic heterocycles. The minimum atomic E-state index is -0.181. The van der Waals surface area contributed by atoms with Crippen LogP contribution in [0.25, 0.3) is 0 Å². The third-order valence-corrected chi connectivity index (χ3v) is 8.88. The topological polar surface area (TPSA) is 143 Å². The molecule has 0 atom stereocenters. The summed E-state index contributed by atoms with van der Waals surface area (Å²) in [6.45, 7) is 14.8. The molecule has 0 spiro atoms. The molecular weight excluding hydrogens is 1160 g/mol. The van der Waals surface area contributed by atoms with Gasteiger partial charge in [0.25, 0.3) is 6.47 Å². The Morgan fingerprint density at radius 2 is 0.830 bits per heavy atom. The first kappa shape index (κ1) is 62.4. The number of hydrogen-bond donors (Lipinski definition) is 1. The number of carbonyl (C=O) groups is 1. The molecule has 0 fully saturated rings. The molecule has 0 amide bonds. The number of halogens is 2. The third-order valence-electron chi connectivity index (χ3n) is 5.96. The van der Waals surface area contributed by atoms with Gasteiger partial charge in [-0.2, -0.15) is 0 Å². The molecule has 53 heavy (non-hydrogen) atoms. The van der Waals surface area contributed by atoms with Gasteiger partial charge >= 0.3 is 138 Å². The van der Waals surface area contributed by atoms with Crippen LogP contribution in [0.2, 0.25) is 0 Å². The second kappa shape index (κ2) is 54.8. The maximum Gasteiger partial charge on any atom is 1.00 e. The second-order valence-corrected chi connectivity index (χ2v) is 12.5. The van der Waals surface area contributed by atoms with Crippen molar-refractivity contribution in [3.05, 3.63) is 55.7 Å². The number of aliphatic hydroxyl groups excluding tert-OH is 1. The van der Waals surface area contributed by atoms with Crippen LogP contribution in [0, 0.1) is 7.14 Å². The van der Waals surface area contributed by atoms with Crippen LogP contribution in [0.3, 0.4) is 0 Å². The van der Waals surface area contributed by atoms with Crippen LogP contribution < -0.4 is 153 Å². The van der Waals surface area contributed by atoms with Crippen molar-refractivity contribution in [2.75, 3.05) is 99.1 Å². The number of para-hydroxylation sites is 2. The van der Waals surface area contributed by atoms with Gasteiger partial charge in [-0.3, -0.25) is 4.79 Å². The SMILES string of the molecule is CCCCOCCOCCO.CCCCOCCOCCOc1ccccc1OCCOCCOCCCC.Ic1ccccc1I.O=CO[O-].[Cs+].[Cs+].[H-]. The Morgan fingerprint density at radius 1 is 0.547 bits per heavy atom. The number of carbonyl (C=O) groups excluding carboxylic acids is 1. The van der Waals surface area contributed by atoms with Crippen LogP contribution in [0.1, 0.15) is 60.7 Å². The van der Waals surface area contributed by atoms with E-state index in [0.29, 0.717) is 84.2 Å². The quantitative estimate of drug-likeness (QED) is 0.0396. The molecule has 16 heteroatoms. The molecule has 0 aliphatic heterocycles. The summed E-state index contributed by atoms with van der Waals surface area (Å²) < 4.78 is 46.3. The maximum absolute atomic E-state index is 8.64. The molecular formula is C37H62Cs2I2O12. The van der Waals surface area contributed by atoms with Gasteiger partial charge in [0.2, 0.25) is 0 Å². The zero-order valence-electron chi connectivity index (χ0n) is 33.7. The Labute approximate surface area is 465 Å². The van der Waals surface area contributed by atoms with Crippen LogP contribution in [-0.4, -0.2) is 111 Å². The van der Waals surface area contributed by atoms with Crippen molar-refractivity contribution in [2.45, 2.75) is 59.3 Å². The third kappa shape index (κ3) is 49.0. The van der Waals surface area contributed by atoms with E-state index < -0.39 is 0 Å². The Balaban J connectivity index is -0.000000252. The first-order chi connectivity index (χ1) is 25.0. The molecule has 0 saturated heterocycles. The van der Waals surface area contributed by atoms with Gasteiger partial charge in [0, 0.05) is 27.0 Å². The smallest absolute Gasteiger partial charge is 1.00 e. The summed E-state index contributed by atoms with van der Waals surface area (Å²) in [7, 11) is 0. The van der Waals surface area contributed by atoms with Crippen molar-refractivity contribution < 1.29 is 197 Å². The summed E-state index contributed by atoms with van der Waals surface area (Å²) in [6, 6.07) is 15.9. The number of ether oxygens (including phenoxy) is 8. The minimum absolute atomic E-state index is 0. The molecule has 0 saturated carbocycles. The van der Waals surface area contributed by atoms with Gasteiger partial charge in [-0.05, 0) is 88.7 Å². The molecule has 12 nitrogen and oxygen atoms in total. The second-order valence-electron chi connectivity index (χ2n) is 10.2. The molecule has 2 aromatic rings. The summed E-state index contributed by atoms with van der Waals surface area (Å²) in [5.74, 6) is 1.43. The Kier molecular flexibility index (Phi) is 64.5. The van der Waals surface area contributed by atoms with Crippen LogP contribution in [0.15, 0.2) is 48.5 Å². The Hall–Kier alpha value is 2.75. The van der Waals surface area contributed by atoms with Crippen LogP contribution in [-0.2, 0) is 38.1 Å². The number of unbranched alkanes of at least 4 members (excludes halogenated alkanes) is 3. The van der Waals surface area contributed by atoms with Gasteiger partial charge in [0.15, 0.2) is 11.5 Å². The molecule has 1 N–H and O–H groups in total. The molecule has 0 aliphatic rings. The van der Waals surface area contributed by atoms with Gasteiger partial charge in [-0.1, -0.05) is 64.3 Å². The first-order valence-corrected chi connectivity index (χ1v) is 19.7. The van der Waals surface area contributed by atoms with E-state index in [-0.39, 0.29) is 152 Å². The Morgan fingerprint density at radius 3 is 1.11 bits per heavy atom. The summed E-state index contributed by atoms with van der Waals surface area (Å²) in [4.78, 5) is 11.2. The number of rotatable bonds is 29. The predicted molar refractivity (Wildman–Crippen MR) is 214 cm³/mol. The molecule has 0 aliphatic carbocycles. The number of hydrogen-bond acceptors (Lipinski definition) is 12. The van der Waals surface area contributed by atoms with Crippen molar-refractivity contribution in [3.63, 3.8) is 0 Å². The molecule has 0 unspecified atom stereocenters. The van der Waals surface area contributed by atoms with Gasteiger partial charge in [0.1, 0.15) is 13.2 Å². The fourth-order valence-electron chi connectivity index (χ4n) is 3.32. The van der Waals surface area contributed by atoms with E-state index >= 15 is 0 Å². The van der Waals surface area contributed by atoms with E-state index in [4.69, 9.17) is 53.1 Å². The predicted octanol–water partition coefficient (Wildman–Crippen LogP) is 0.374. The first-order valence-electron chi connectivity index (χ1n) is 17.6. The summed E-state index contributed by atoms with van der Waals surface area (Å²) in [6.07, 6.45) is 6.76. The summed E-state index contributed by atoms with van der Waals surface area (Å²) in [5.41, 5.74) is 0. The largest absolute Gasteiger partial charge is 1.00 e. The number of benzene rings is 2. The fraction of sp³-hybridized carbons (Fsp3) is 0.649. The van der Waals surface area contributed by atoms with Crippen molar-refractivity contribution in [3.8, 4) is 11.5 Å². The van der Waals surface area contributed by atoms with Gasteiger partial charge in [-0.15, -0.1) is 0 Å². The van der Waals surface area contributed by atoms with E-state index in [1.807, 2.05) is 36.4 Å².